The van der Waals surface area contributed by atoms with Gasteiger partial charge in [0.15, 0.2) is 0 Å². The zero-order valence-corrected chi connectivity index (χ0v) is 23.0. The van der Waals surface area contributed by atoms with E-state index in [1.807, 2.05) is 45.0 Å². The van der Waals surface area contributed by atoms with Crippen molar-refractivity contribution in [2.75, 3.05) is 5.32 Å². The first-order valence-electron chi connectivity index (χ1n) is 12.4. The average Bonchev–Trinajstić information content (AvgIpc) is 2.90. The molecule has 0 bridgehead atoms. The number of anilines is 2. The summed E-state index contributed by atoms with van der Waals surface area (Å²) in [5.41, 5.74) is 8.38. The molecule has 7 nitrogen and oxygen atoms in total. The van der Waals surface area contributed by atoms with Crippen LogP contribution in [-0.4, -0.2) is 16.1 Å². The first-order chi connectivity index (χ1) is 19.1. The van der Waals surface area contributed by atoms with Gasteiger partial charge in [-0.3, -0.25) is 0 Å². The van der Waals surface area contributed by atoms with Gasteiger partial charge in [-0.05, 0) is 53.6 Å². The lowest BCUT2D eigenvalue weighted by molar-refractivity contribution is 0.0360. The van der Waals surface area contributed by atoms with E-state index in [9.17, 15) is 9.18 Å². The second kappa shape index (κ2) is 12.5. The molecule has 3 aromatic carbocycles. The van der Waals surface area contributed by atoms with Crippen LogP contribution >= 0.6 is 11.6 Å². The van der Waals surface area contributed by atoms with Crippen molar-refractivity contribution in [3.05, 3.63) is 112 Å². The number of amides is 1. The molecule has 204 valence electrons. The molecule has 0 aliphatic heterocycles. The van der Waals surface area contributed by atoms with E-state index in [1.54, 1.807) is 36.5 Å². The van der Waals surface area contributed by atoms with Gasteiger partial charge in [-0.15, -0.1) is 0 Å². The largest absolute Gasteiger partial charge is 0.487 e. The molecule has 0 saturated carbocycles. The Bertz CT molecular complexity index is 1580. The van der Waals surface area contributed by atoms with Gasteiger partial charge in [0.2, 0.25) is 0 Å². The van der Waals surface area contributed by atoms with E-state index in [0.717, 1.165) is 11.1 Å². The molecule has 1 heterocycles. The Labute approximate surface area is 237 Å². The number of carbonyl (C=O) groups is 1. The first-order valence-corrected chi connectivity index (χ1v) is 12.8. The van der Waals surface area contributed by atoms with Crippen molar-refractivity contribution in [3.63, 3.8) is 0 Å². The zero-order valence-electron chi connectivity index (χ0n) is 22.2. The predicted octanol–water partition coefficient (Wildman–Crippen LogP) is 7.17. The molecule has 1 aromatic heterocycles. The van der Waals surface area contributed by atoms with Crippen LogP contribution in [0.1, 0.15) is 49.1 Å². The molecule has 1 atom stereocenters. The topological polar surface area (TPSA) is 99.4 Å². The molecule has 0 radical (unpaired) electrons. The second-order valence-electron chi connectivity index (χ2n) is 10.0. The molecule has 1 unspecified atom stereocenters. The molecule has 1 amide bonds. The summed E-state index contributed by atoms with van der Waals surface area (Å²) in [5, 5.41) is 3.60. The Morgan fingerprint density at radius 2 is 1.90 bits per heavy atom. The molecule has 0 saturated heterocycles. The number of hydrogen-bond acceptors (Lipinski definition) is 6. The van der Waals surface area contributed by atoms with Gasteiger partial charge in [0.1, 0.15) is 36.4 Å². The number of nitrogens with two attached hydrogens (primary N) is 1. The summed E-state index contributed by atoms with van der Waals surface area (Å²) in [6.45, 7) is 6.08. The average molecular weight is 559 g/mol. The van der Waals surface area contributed by atoms with Crippen LogP contribution in [-0.2, 0) is 11.3 Å². The number of nitrogens with one attached hydrogen (secondary N) is 1. The molecule has 0 aliphatic rings. The molecule has 9 heteroatoms. The van der Waals surface area contributed by atoms with E-state index in [0.29, 0.717) is 33.4 Å². The minimum Gasteiger partial charge on any atom is -0.487 e. The summed E-state index contributed by atoms with van der Waals surface area (Å²) < 4.78 is 24.6. The predicted molar refractivity (Wildman–Crippen MR) is 153 cm³/mol. The van der Waals surface area contributed by atoms with Gasteiger partial charge in [-0.1, -0.05) is 68.5 Å². The van der Waals surface area contributed by atoms with E-state index >= 15 is 0 Å². The van der Waals surface area contributed by atoms with Crippen molar-refractivity contribution < 1.29 is 18.7 Å². The van der Waals surface area contributed by atoms with Crippen molar-refractivity contribution in [3.8, 4) is 17.6 Å². The molecule has 4 aromatic rings. The highest BCUT2D eigenvalue weighted by Crippen LogP contribution is 2.36. The number of nitrogens with zero attached hydrogens (tertiary/aromatic N) is 2. The van der Waals surface area contributed by atoms with Gasteiger partial charge in [-0.2, -0.15) is 0 Å². The Balaban J connectivity index is 1.51. The van der Waals surface area contributed by atoms with Crippen LogP contribution in [0, 0.1) is 23.1 Å². The fourth-order valence-electron chi connectivity index (χ4n) is 3.92. The molecule has 40 heavy (non-hydrogen) atoms. The van der Waals surface area contributed by atoms with Crippen molar-refractivity contribution in [2.24, 2.45) is 11.1 Å². The smallest absolute Gasteiger partial charge is 0.405 e. The number of primary amides is 1. The van der Waals surface area contributed by atoms with Crippen molar-refractivity contribution >= 4 is 29.2 Å². The molecular weight excluding hydrogens is 531 g/mol. The van der Waals surface area contributed by atoms with Crippen LogP contribution in [0.15, 0.2) is 79.3 Å². The summed E-state index contributed by atoms with van der Waals surface area (Å²) in [6, 6.07) is 18.9. The Morgan fingerprint density at radius 1 is 1.10 bits per heavy atom. The van der Waals surface area contributed by atoms with Crippen LogP contribution in [0.3, 0.4) is 0 Å². The SMILES string of the molecule is CC(C)(C)C(OC(N)=O)c1cccc(C#Cc2cncnc2Nc2ccc(OCc3cccc(F)c3)c(Cl)c2)c1. The molecule has 0 fully saturated rings. The van der Waals surface area contributed by atoms with Gasteiger partial charge < -0.3 is 20.5 Å². The maximum absolute atomic E-state index is 13.4. The minimum atomic E-state index is -0.833. The maximum atomic E-state index is 13.4. The van der Waals surface area contributed by atoms with Gasteiger partial charge in [0.05, 0.1) is 10.6 Å². The lowest BCUT2D eigenvalue weighted by Crippen LogP contribution is -2.27. The van der Waals surface area contributed by atoms with Crippen LogP contribution in [0.25, 0.3) is 0 Å². The van der Waals surface area contributed by atoms with Crippen LogP contribution in [0.4, 0.5) is 20.7 Å². The number of benzene rings is 3. The third-order valence-electron chi connectivity index (χ3n) is 5.74. The van der Waals surface area contributed by atoms with E-state index in [4.69, 9.17) is 26.8 Å². The summed E-state index contributed by atoms with van der Waals surface area (Å²) in [6.07, 6.45) is 1.66. The summed E-state index contributed by atoms with van der Waals surface area (Å²) in [7, 11) is 0. The summed E-state index contributed by atoms with van der Waals surface area (Å²) in [5.74, 6) is 6.87. The molecular formula is C31H28ClFN4O3. The molecule has 3 N–H and O–H groups in total. The maximum Gasteiger partial charge on any atom is 0.405 e. The molecule has 0 spiro atoms. The second-order valence-corrected chi connectivity index (χ2v) is 10.4. The number of aromatic nitrogens is 2. The van der Waals surface area contributed by atoms with Gasteiger partial charge in [0.25, 0.3) is 0 Å². The quantitative estimate of drug-likeness (QED) is 0.233. The lowest BCUT2D eigenvalue weighted by Gasteiger charge is -2.30. The van der Waals surface area contributed by atoms with Crippen LogP contribution in [0.5, 0.6) is 5.75 Å². The van der Waals surface area contributed by atoms with E-state index < -0.39 is 12.2 Å². The zero-order chi connectivity index (χ0) is 28.7. The summed E-state index contributed by atoms with van der Waals surface area (Å²) >= 11 is 6.44. The third-order valence-corrected chi connectivity index (χ3v) is 6.04. The monoisotopic (exact) mass is 558 g/mol. The number of rotatable bonds is 7. The van der Waals surface area contributed by atoms with Gasteiger partial charge in [-0.25, -0.2) is 19.2 Å². The fourth-order valence-corrected chi connectivity index (χ4v) is 4.16. The Morgan fingerprint density at radius 3 is 2.62 bits per heavy atom. The van der Waals surface area contributed by atoms with Crippen molar-refractivity contribution in [1.82, 2.24) is 9.97 Å². The van der Waals surface area contributed by atoms with E-state index in [-0.39, 0.29) is 17.8 Å². The highest BCUT2D eigenvalue weighted by molar-refractivity contribution is 6.32. The normalized spacial score (nSPS) is 11.6. The number of carbonyl (C=O) groups excluding carboxylic acids is 1. The fraction of sp³-hybridized carbons (Fsp3) is 0.194. The van der Waals surface area contributed by atoms with Crippen LogP contribution in [0.2, 0.25) is 5.02 Å². The highest BCUT2D eigenvalue weighted by Gasteiger charge is 2.29. The number of ether oxygens (including phenoxy) is 2. The van der Waals surface area contributed by atoms with E-state index in [1.165, 1.54) is 18.5 Å². The first kappa shape index (κ1) is 28.4. The Kier molecular flexibility index (Phi) is 8.87. The van der Waals surface area contributed by atoms with Crippen molar-refractivity contribution in [2.45, 2.75) is 33.5 Å². The summed E-state index contributed by atoms with van der Waals surface area (Å²) in [4.78, 5) is 19.9. The minimum absolute atomic E-state index is 0.183. The molecule has 4 rings (SSSR count). The number of halogens is 2. The van der Waals surface area contributed by atoms with Gasteiger partial charge >= 0.3 is 6.09 Å². The Hall–Kier alpha value is -4.61. The lowest BCUT2D eigenvalue weighted by atomic mass is 9.84. The molecule has 0 aliphatic carbocycles. The third kappa shape index (κ3) is 7.71. The highest BCUT2D eigenvalue weighted by atomic mass is 35.5. The van der Waals surface area contributed by atoms with Crippen LogP contribution < -0.4 is 15.8 Å². The van der Waals surface area contributed by atoms with Gasteiger partial charge in [0, 0.05) is 22.9 Å². The standard InChI is InChI=1S/C31H28ClFN4O3/c1-31(2,3)28(40-30(34)38)22-8-4-6-20(14-22)10-11-23-17-35-19-36-29(23)37-25-12-13-27(26(32)16-25)39-18-21-7-5-9-24(33)15-21/h4-9,12-17,19,28H,18H2,1-3H3,(H2,34,38)(H,35,36,37). The van der Waals surface area contributed by atoms with Crippen molar-refractivity contribution in [1.29, 1.82) is 0 Å². The number of hydrogen-bond donors (Lipinski definition) is 2. The van der Waals surface area contributed by atoms with E-state index in [2.05, 4.69) is 27.1 Å².